The molecule has 0 radical (unpaired) electrons. The number of aliphatic carboxylic acids is 1. The number of hydrogen-bond acceptors (Lipinski definition) is 8. The van der Waals surface area contributed by atoms with E-state index in [1.54, 1.807) is 6.20 Å². The Bertz CT molecular complexity index is 1310. The molecule has 2 aromatic heterocycles. The van der Waals surface area contributed by atoms with Crippen LogP contribution in [-0.4, -0.2) is 57.4 Å². The molecule has 5 rings (SSSR count). The van der Waals surface area contributed by atoms with Crippen LogP contribution in [0.5, 0.6) is 0 Å². The molecule has 10 nitrogen and oxygen atoms in total. The quantitative estimate of drug-likeness (QED) is 0.452. The fourth-order valence-corrected chi connectivity index (χ4v) is 5.42. The van der Waals surface area contributed by atoms with Gasteiger partial charge in [-0.05, 0) is 69.7 Å². The van der Waals surface area contributed by atoms with Crippen molar-refractivity contribution in [1.82, 2.24) is 20.2 Å². The number of piperidine rings is 1. The lowest BCUT2D eigenvalue weighted by atomic mass is 9.73. The van der Waals surface area contributed by atoms with E-state index in [0.717, 1.165) is 63.2 Å². The van der Waals surface area contributed by atoms with Crippen molar-refractivity contribution < 1.29 is 9.90 Å². The highest BCUT2D eigenvalue weighted by molar-refractivity contribution is 5.90. The van der Waals surface area contributed by atoms with E-state index in [4.69, 9.17) is 4.98 Å². The van der Waals surface area contributed by atoms with Crippen molar-refractivity contribution in [2.75, 3.05) is 41.3 Å². The number of benzene rings is 1. The summed E-state index contributed by atoms with van der Waals surface area (Å²) in [6.07, 6.45) is 7.89. The highest BCUT2D eigenvalue weighted by Gasteiger charge is 2.38. The number of hydrogen-bond donors (Lipinski definition) is 3. The van der Waals surface area contributed by atoms with E-state index in [1.165, 1.54) is 12.8 Å². The fourth-order valence-electron chi connectivity index (χ4n) is 5.42. The molecule has 2 aliphatic heterocycles. The van der Waals surface area contributed by atoms with Gasteiger partial charge in [-0.3, -0.25) is 9.59 Å². The molecule has 10 heteroatoms. The third-order valence-corrected chi connectivity index (χ3v) is 7.96. The lowest BCUT2D eigenvalue weighted by Crippen LogP contribution is -2.42. The van der Waals surface area contributed by atoms with E-state index in [9.17, 15) is 14.7 Å². The van der Waals surface area contributed by atoms with Crippen molar-refractivity contribution in [3.63, 3.8) is 0 Å². The van der Waals surface area contributed by atoms with Crippen LogP contribution in [0.3, 0.4) is 0 Å². The van der Waals surface area contributed by atoms with Gasteiger partial charge in [0.25, 0.3) is 5.56 Å². The minimum absolute atomic E-state index is 0.166. The van der Waals surface area contributed by atoms with Gasteiger partial charge in [-0.2, -0.15) is 10.1 Å². The Morgan fingerprint density at radius 2 is 1.68 bits per heavy atom. The number of carboxylic acids is 1. The molecule has 0 spiro atoms. The minimum atomic E-state index is -0.729. The summed E-state index contributed by atoms with van der Waals surface area (Å²) in [6, 6.07) is 8.07. The Hall–Kier alpha value is -3.69. The molecule has 2 aliphatic rings. The van der Waals surface area contributed by atoms with E-state index >= 15 is 0 Å². The highest BCUT2D eigenvalue weighted by atomic mass is 16.4. The van der Waals surface area contributed by atoms with Crippen molar-refractivity contribution in [1.29, 1.82) is 0 Å². The van der Waals surface area contributed by atoms with Crippen LogP contribution in [0.25, 0.3) is 10.9 Å². The summed E-state index contributed by atoms with van der Waals surface area (Å²) in [4.78, 5) is 38.2. The topological polar surface area (TPSA) is 127 Å². The van der Waals surface area contributed by atoms with Gasteiger partial charge < -0.3 is 20.2 Å². The van der Waals surface area contributed by atoms with Gasteiger partial charge in [0.15, 0.2) is 0 Å². The van der Waals surface area contributed by atoms with Gasteiger partial charge in [0, 0.05) is 37.6 Å². The van der Waals surface area contributed by atoms with Crippen molar-refractivity contribution in [3.8, 4) is 0 Å². The predicted molar refractivity (Wildman–Crippen MR) is 145 cm³/mol. The van der Waals surface area contributed by atoms with E-state index in [1.807, 2.05) is 26.0 Å². The Morgan fingerprint density at radius 3 is 2.32 bits per heavy atom. The molecule has 0 bridgehead atoms. The van der Waals surface area contributed by atoms with Crippen molar-refractivity contribution >= 4 is 40.0 Å². The zero-order valence-corrected chi connectivity index (χ0v) is 21.5. The second-order valence-electron chi connectivity index (χ2n) is 10.7. The molecule has 0 saturated carbocycles. The van der Waals surface area contributed by atoms with Crippen LogP contribution in [-0.2, 0) is 4.79 Å². The Balaban J connectivity index is 1.35. The number of rotatable bonds is 6. The molecule has 2 fully saturated rings. The van der Waals surface area contributed by atoms with Gasteiger partial charge >= 0.3 is 5.97 Å². The summed E-state index contributed by atoms with van der Waals surface area (Å²) in [5.41, 5.74) is 1.40. The second-order valence-corrected chi connectivity index (χ2v) is 10.7. The maximum absolute atomic E-state index is 12.6. The van der Waals surface area contributed by atoms with Crippen LogP contribution in [0, 0.1) is 11.3 Å². The minimum Gasteiger partial charge on any atom is -0.481 e. The van der Waals surface area contributed by atoms with Gasteiger partial charge in [0.2, 0.25) is 5.95 Å². The van der Waals surface area contributed by atoms with E-state index in [2.05, 4.69) is 42.4 Å². The first-order chi connectivity index (χ1) is 17.8. The monoisotopic (exact) mass is 505 g/mol. The molecular weight excluding hydrogens is 470 g/mol. The van der Waals surface area contributed by atoms with Crippen LogP contribution < -0.4 is 20.7 Å². The molecule has 2 saturated heterocycles. The molecule has 3 aromatic rings. The molecule has 0 aliphatic carbocycles. The van der Waals surface area contributed by atoms with Gasteiger partial charge in [-0.1, -0.05) is 12.8 Å². The number of H-pyrrole nitrogens is 1. The third-order valence-electron chi connectivity index (χ3n) is 7.96. The zero-order chi connectivity index (χ0) is 26.0. The molecule has 37 heavy (non-hydrogen) atoms. The maximum Gasteiger partial charge on any atom is 0.309 e. The SMILES string of the molecule is CC(C)(C(=O)O)C1CCN(c2ccc(Nc3nc(N4CCCCCC4)nc4cn[nH]c(=O)c34)cc2)CC1. The highest BCUT2D eigenvalue weighted by Crippen LogP contribution is 2.36. The average Bonchev–Trinajstić information content (AvgIpc) is 3.19. The van der Waals surface area contributed by atoms with Crippen molar-refractivity contribution in [2.24, 2.45) is 11.3 Å². The molecule has 0 unspecified atom stereocenters. The Morgan fingerprint density at radius 1 is 1.00 bits per heavy atom. The number of aromatic nitrogens is 4. The number of carbonyl (C=O) groups is 1. The van der Waals surface area contributed by atoms with Crippen molar-refractivity contribution in [2.45, 2.75) is 52.4 Å². The van der Waals surface area contributed by atoms with E-state index in [0.29, 0.717) is 22.7 Å². The maximum atomic E-state index is 12.6. The van der Waals surface area contributed by atoms with Crippen LogP contribution in [0.4, 0.5) is 23.1 Å². The molecular formula is C27H35N7O3. The second kappa shape index (κ2) is 10.4. The fraction of sp³-hybridized carbons (Fsp3) is 0.519. The summed E-state index contributed by atoms with van der Waals surface area (Å²) < 4.78 is 0. The summed E-state index contributed by atoms with van der Waals surface area (Å²) in [7, 11) is 0. The van der Waals surface area contributed by atoms with Gasteiger partial charge in [-0.15, -0.1) is 0 Å². The largest absolute Gasteiger partial charge is 0.481 e. The smallest absolute Gasteiger partial charge is 0.309 e. The van der Waals surface area contributed by atoms with Crippen LogP contribution >= 0.6 is 0 Å². The first-order valence-corrected chi connectivity index (χ1v) is 13.2. The van der Waals surface area contributed by atoms with Crippen LogP contribution in [0.2, 0.25) is 0 Å². The van der Waals surface area contributed by atoms with Gasteiger partial charge in [0.05, 0.1) is 11.6 Å². The number of fused-ring (bicyclic) bond motifs is 1. The number of carboxylic acid groups (broad SMARTS) is 1. The number of anilines is 4. The zero-order valence-electron chi connectivity index (χ0n) is 21.5. The number of nitrogens with zero attached hydrogens (tertiary/aromatic N) is 5. The van der Waals surface area contributed by atoms with Crippen molar-refractivity contribution in [3.05, 3.63) is 40.8 Å². The summed E-state index contributed by atoms with van der Waals surface area (Å²) in [6.45, 7) is 7.10. The first kappa shape index (κ1) is 25.0. The van der Waals surface area contributed by atoms with E-state index < -0.39 is 11.4 Å². The molecule has 0 amide bonds. The molecule has 3 N–H and O–H groups in total. The third kappa shape index (κ3) is 5.23. The molecule has 0 atom stereocenters. The normalized spacial score (nSPS) is 17.6. The van der Waals surface area contributed by atoms with E-state index in [-0.39, 0.29) is 11.5 Å². The predicted octanol–water partition coefficient (Wildman–Crippen LogP) is 4.16. The average molecular weight is 506 g/mol. The number of nitrogens with one attached hydrogen (secondary N) is 2. The standard InChI is InChI=1S/C27H35N7O3/c1-27(2,25(36)37)18-11-15-33(16-12-18)20-9-7-19(8-10-20)29-23-22-21(17-28-32-24(22)35)30-26(31-23)34-13-5-3-4-6-14-34/h7-10,17-18H,3-6,11-16H2,1-2H3,(H,32,35)(H,36,37)(H,29,30,31). The van der Waals surface area contributed by atoms with Gasteiger partial charge in [-0.25, -0.2) is 10.1 Å². The molecule has 4 heterocycles. The Labute approximate surface area is 216 Å². The Kier molecular flexibility index (Phi) is 6.99. The summed E-state index contributed by atoms with van der Waals surface area (Å²) in [5, 5.41) is 19.7. The number of aromatic amines is 1. The lowest BCUT2D eigenvalue weighted by Gasteiger charge is -2.39. The summed E-state index contributed by atoms with van der Waals surface area (Å²) in [5.74, 6) is 0.525. The molecule has 1 aromatic carbocycles. The van der Waals surface area contributed by atoms with Gasteiger partial charge in [0.1, 0.15) is 16.7 Å². The molecule has 196 valence electrons. The summed E-state index contributed by atoms with van der Waals surface area (Å²) >= 11 is 0. The lowest BCUT2D eigenvalue weighted by molar-refractivity contribution is -0.150. The first-order valence-electron chi connectivity index (χ1n) is 13.2. The van der Waals surface area contributed by atoms with Crippen LogP contribution in [0.15, 0.2) is 35.3 Å². The van der Waals surface area contributed by atoms with Crippen LogP contribution in [0.1, 0.15) is 52.4 Å².